The standard InChI is InChI=1S/C11H16BrN3O3S2.ClH/c1-8-7-15(5-4-13-8)10(16)6-14-20(17,18)11-3-2-9(12)19-11;/h2-3,8,13-14H,4-7H2,1H3;1H. The van der Waals surface area contributed by atoms with Crippen LogP contribution in [0.2, 0.25) is 0 Å². The molecule has 10 heteroatoms. The van der Waals surface area contributed by atoms with Gasteiger partial charge in [0.25, 0.3) is 10.0 Å². The molecule has 0 bridgehead atoms. The van der Waals surface area contributed by atoms with Crippen molar-refractivity contribution in [2.45, 2.75) is 17.2 Å². The molecule has 0 spiro atoms. The first-order chi connectivity index (χ1) is 9.38. The van der Waals surface area contributed by atoms with Crippen molar-refractivity contribution < 1.29 is 13.2 Å². The van der Waals surface area contributed by atoms with Crippen molar-refractivity contribution in [1.82, 2.24) is 14.9 Å². The van der Waals surface area contributed by atoms with Gasteiger partial charge in [-0.15, -0.1) is 23.7 Å². The second kappa shape index (κ2) is 7.89. The lowest BCUT2D eigenvalue weighted by atomic mass is 10.2. The summed E-state index contributed by atoms with van der Waals surface area (Å²) in [5.41, 5.74) is 0. The molecule has 1 fully saturated rings. The lowest BCUT2D eigenvalue weighted by molar-refractivity contribution is -0.131. The molecule has 1 aromatic rings. The molecule has 0 radical (unpaired) electrons. The Hall–Kier alpha value is -0.190. The van der Waals surface area contributed by atoms with E-state index in [1.165, 1.54) is 6.07 Å². The lowest BCUT2D eigenvalue weighted by Crippen LogP contribution is -2.53. The first-order valence-corrected chi connectivity index (χ1v) is 9.24. The van der Waals surface area contributed by atoms with Crippen molar-refractivity contribution in [2.75, 3.05) is 26.2 Å². The van der Waals surface area contributed by atoms with Gasteiger partial charge in [-0.2, -0.15) is 0 Å². The van der Waals surface area contributed by atoms with Crippen molar-refractivity contribution in [1.29, 1.82) is 0 Å². The van der Waals surface area contributed by atoms with Gasteiger partial charge in [-0.1, -0.05) is 0 Å². The molecule has 6 nitrogen and oxygen atoms in total. The van der Waals surface area contributed by atoms with Gasteiger partial charge in [0.15, 0.2) is 0 Å². The monoisotopic (exact) mass is 417 g/mol. The number of carbonyl (C=O) groups is 1. The SMILES string of the molecule is CC1CN(C(=O)CNS(=O)(=O)c2ccc(Br)s2)CCN1.Cl. The van der Waals surface area contributed by atoms with Crippen molar-refractivity contribution >= 4 is 55.6 Å². The van der Waals surface area contributed by atoms with Crippen molar-refractivity contribution in [3.05, 3.63) is 15.9 Å². The predicted molar refractivity (Wildman–Crippen MR) is 88.5 cm³/mol. The summed E-state index contributed by atoms with van der Waals surface area (Å²) in [7, 11) is -3.61. The summed E-state index contributed by atoms with van der Waals surface area (Å²) in [6, 6.07) is 3.41. The summed E-state index contributed by atoms with van der Waals surface area (Å²) >= 11 is 4.33. The third kappa shape index (κ3) is 5.19. The average molecular weight is 419 g/mol. The van der Waals surface area contributed by atoms with E-state index in [4.69, 9.17) is 0 Å². The minimum absolute atomic E-state index is 0. The number of piperazine rings is 1. The fraction of sp³-hybridized carbons (Fsp3) is 0.545. The number of hydrogen-bond donors (Lipinski definition) is 2. The van der Waals surface area contributed by atoms with Crippen molar-refractivity contribution in [3.8, 4) is 0 Å². The van der Waals surface area contributed by atoms with Gasteiger partial charge in [-0.05, 0) is 35.0 Å². The van der Waals surface area contributed by atoms with E-state index in [2.05, 4.69) is 26.0 Å². The van der Waals surface area contributed by atoms with Gasteiger partial charge in [0, 0.05) is 25.7 Å². The fourth-order valence-electron chi connectivity index (χ4n) is 1.94. The molecular weight excluding hydrogens is 402 g/mol. The zero-order valence-corrected chi connectivity index (χ0v) is 15.4. The van der Waals surface area contributed by atoms with Crippen LogP contribution in [0.25, 0.3) is 0 Å². The first-order valence-electron chi connectivity index (χ1n) is 6.14. The third-order valence-electron chi connectivity index (χ3n) is 2.95. The van der Waals surface area contributed by atoms with Crippen LogP contribution in [0.4, 0.5) is 0 Å². The zero-order valence-electron chi connectivity index (χ0n) is 11.3. The molecule has 120 valence electrons. The Bertz CT molecular complexity index is 593. The van der Waals surface area contributed by atoms with Crippen molar-refractivity contribution in [3.63, 3.8) is 0 Å². The number of hydrogen-bond acceptors (Lipinski definition) is 5. The summed E-state index contributed by atoms with van der Waals surface area (Å²) in [6.07, 6.45) is 0. The van der Waals surface area contributed by atoms with Crippen LogP contribution in [0.1, 0.15) is 6.92 Å². The quantitative estimate of drug-likeness (QED) is 0.765. The maximum atomic E-state index is 12.0. The Labute approximate surface area is 142 Å². The normalized spacial score (nSPS) is 19.1. The van der Waals surface area contributed by atoms with E-state index in [0.29, 0.717) is 13.1 Å². The number of nitrogens with zero attached hydrogens (tertiary/aromatic N) is 1. The topological polar surface area (TPSA) is 78.5 Å². The molecule has 1 amide bonds. The fourth-order valence-corrected chi connectivity index (χ4v) is 4.97. The van der Waals surface area contributed by atoms with E-state index < -0.39 is 10.0 Å². The second-order valence-corrected chi connectivity index (χ2v) is 9.03. The first kappa shape index (κ1) is 18.9. The molecule has 1 unspecified atom stereocenters. The molecule has 2 heterocycles. The molecule has 0 aromatic carbocycles. The molecule has 1 saturated heterocycles. The highest BCUT2D eigenvalue weighted by atomic mass is 79.9. The minimum Gasteiger partial charge on any atom is -0.339 e. The van der Waals surface area contributed by atoms with Crippen LogP contribution in [0.3, 0.4) is 0 Å². The van der Waals surface area contributed by atoms with Crippen LogP contribution < -0.4 is 10.0 Å². The molecule has 1 aliphatic rings. The van der Waals surface area contributed by atoms with Crippen molar-refractivity contribution in [2.24, 2.45) is 0 Å². The van der Waals surface area contributed by atoms with E-state index in [0.717, 1.165) is 21.7 Å². The molecule has 1 atom stereocenters. The molecule has 1 aromatic heterocycles. The Balaban J connectivity index is 0.00000220. The molecule has 2 rings (SSSR count). The molecule has 0 saturated carbocycles. The van der Waals surface area contributed by atoms with Gasteiger partial charge >= 0.3 is 0 Å². The van der Waals surface area contributed by atoms with E-state index in [9.17, 15) is 13.2 Å². The molecule has 2 N–H and O–H groups in total. The van der Waals surface area contributed by atoms with Gasteiger partial charge in [-0.3, -0.25) is 4.79 Å². The summed E-state index contributed by atoms with van der Waals surface area (Å²) in [5.74, 6) is -0.197. The summed E-state index contributed by atoms with van der Waals surface area (Å²) in [5, 5.41) is 3.23. The Morgan fingerprint density at radius 2 is 2.29 bits per heavy atom. The highest BCUT2D eigenvalue weighted by molar-refractivity contribution is 9.11. The number of halogens is 2. The number of thiophene rings is 1. The largest absolute Gasteiger partial charge is 0.339 e. The summed E-state index contributed by atoms with van der Waals surface area (Å²) in [4.78, 5) is 13.7. The maximum absolute atomic E-state index is 12.0. The lowest BCUT2D eigenvalue weighted by Gasteiger charge is -2.31. The third-order valence-corrected chi connectivity index (χ3v) is 6.47. The van der Waals surface area contributed by atoms with Gasteiger partial charge in [0.05, 0.1) is 10.3 Å². The van der Waals surface area contributed by atoms with Crippen LogP contribution >= 0.6 is 39.7 Å². The van der Waals surface area contributed by atoms with Crippen LogP contribution in [0.5, 0.6) is 0 Å². The smallest absolute Gasteiger partial charge is 0.250 e. The Morgan fingerprint density at radius 3 is 2.86 bits per heavy atom. The highest BCUT2D eigenvalue weighted by Gasteiger charge is 2.23. The van der Waals surface area contributed by atoms with Gasteiger partial charge < -0.3 is 10.2 Å². The van der Waals surface area contributed by atoms with E-state index in [-0.39, 0.29) is 35.1 Å². The average Bonchev–Trinajstić information content (AvgIpc) is 2.83. The number of rotatable bonds is 4. The zero-order chi connectivity index (χ0) is 14.8. The molecule has 21 heavy (non-hydrogen) atoms. The summed E-state index contributed by atoms with van der Waals surface area (Å²) < 4.78 is 27.3. The van der Waals surface area contributed by atoms with Crippen LogP contribution in [-0.4, -0.2) is 51.4 Å². The number of carbonyl (C=O) groups excluding carboxylic acids is 1. The molecule has 1 aliphatic heterocycles. The number of amides is 1. The predicted octanol–water partition coefficient (Wildman–Crippen LogP) is 1.03. The molecular formula is C11H17BrClN3O3S2. The maximum Gasteiger partial charge on any atom is 0.250 e. The van der Waals surface area contributed by atoms with Crippen LogP contribution in [0, 0.1) is 0 Å². The number of nitrogens with one attached hydrogen (secondary N) is 2. The Kier molecular flexibility index (Phi) is 7.08. The van der Waals surface area contributed by atoms with E-state index in [1.807, 2.05) is 6.92 Å². The van der Waals surface area contributed by atoms with Gasteiger partial charge in [0.2, 0.25) is 5.91 Å². The summed E-state index contributed by atoms with van der Waals surface area (Å²) in [6.45, 7) is 3.73. The van der Waals surface area contributed by atoms with E-state index in [1.54, 1.807) is 11.0 Å². The highest BCUT2D eigenvalue weighted by Crippen LogP contribution is 2.25. The van der Waals surface area contributed by atoms with Crippen LogP contribution in [0.15, 0.2) is 20.1 Å². The Morgan fingerprint density at radius 1 is 1.57 bits per heavy atom. The molecule has 0 aliphatic carbocycles. The van der Waals surface area contributed by atoms with Crippen LogP contribution in [-0.2, 0) is 14.8 Å². The minimum atomic E-state index is -3.61. The number of sulfonamides is 1. The van der Waals surface area contributed by atoms with Gasteiger partial charge in [0.1, 0.15) is 4.21 Å². The van der Waals surface area contributed by atoms with Gasteiger partial charge in [-0.25, -0.2) is 13.1 Å². The van der Waals surface area contributed by atoms with E-state index >= 15 is 0 Å². The second-order valence-electron chi connectivity index (χ2n) is 4.58.